The largest absolute Gasteiger partial charge is 0.478 e. The Kier molecular flexibility index (Phi) is 5.19. The van der Waals surface area contributed by atoms with Crippen molar-refractivity contribution in [3.63, 3.8) is 0 Å². The van der Waals surface area contributed by atoms with E-state index in [1.54, 1.807) is 7.05 Å². The summed E-state index contributed by atoms with van der Waals surface area (Å²) >= 11 is 0. The molecule has 7 heteroatoms. The van der Waals surface area contributed by atoms with Gasteiger partial charge in [-0.05, 0) is 12.1 Å². The second kappa shape index (κ2) is 6.65. The van der Waals surface area contributed by atoms with Crippen molar-refractivity contribution >= 4 is 12.0 Å². The third-order valence-corrected chi connectivity index (χ3v) is 2.48. The van der Waals surface area contributed by atoms with Crippen molar-refractivity contribution in [1.29, 1.82) is 0 Å². The van der Waals surface area contributed by atoms with E-state index in [9.17, 15) is 18.4 Å². The minimum absolute atomic E-state index is 0.165. The van der Waals surface area contributed by atoms with Gasteiger partial charge in [-0.2, -0.15) is 0 Å². The summed E-state index contributed by atoms with van der Waals surface area (Å²) < 4.78 is 23.9. The summed E-state index contributed by atoms with van der Waals surface area (Å²) in [7, 11) is 3.09. The molecule has 0 aliphatic carbocycles. The minimum atomic E-state index is -0.985. The van der Waals surface area contributed by atoms with Gasteiger partial charge in [0.05, 0.1) is 12.1 Å². The SMILES string of the molecule is CN1C=C(C(=O)O)CN(C)C1=O.Fc1ccccc1F. The number of likely N-dealkylation sites (N-methyl/N-ethyl adjacent to an activating group) is 1. The van der Waals surface area contributed by atoms with Crippen molar-refractivity contribution in [3.8, 4) is 0 Å². The zero-order valence-corrected chi connectivity index (χ0v) is 11.0. The fraction of sp³-hybridized carbons (Fsp3) is 0.231. The number of carboxylic acids is 1. The van der Waals surface area contributed by atoms with Gasteiger partial charge in [0.15, 0.2) is 11.6 Å². The second-order valence-corrected chi connectivity index (χ2v) is 4.12. The van der Waals surface area contributed by atoms with Crippen LogP contribution in [0.15, 0.2) is 36.0 Å². The van der Waals surface area contributed by atoms with Gasteiger partial charge in [-0.3, -0.25) is 0 Å². The van der Waals surface area contributed by atoms with Crippen molar-refractivity contribution in [2.75, 3.05) is 20.6 Å². The first kappa shape index (κ1) is 15.6. The van der Waals surface area contributed by atoms with E-state index in [0.717, 1.165) is 12.1 Å². The van der Waals surface area contributed by atoms with Crippen LogP contribution >= 0.6 is 0 Å². The number of carbonyl (C=O) groups is 2. The number of urea groups is 1. The van der Waals surface area contributed by atoms with Gasteiger partial charge in [-0.25, -0.2) is 18.4 Å². The van der Waals surface area contributed by atoms with E-state index >= 15 is 0 Å². The van der Waals surface area contributed by atoms with Crippen LogP contribution in [0.4, 0.5) is 13.6 Å². The molecule has 0 spiro atoms. The van der Waals surface area contributed by atoms with Crippen LogP contribution in [0.2, 0.25) is 0 Å². The number of hydrogen-bond acceptors (Lipinski definition) is 2. The van der Waals surface area contributed by atoms with Gasteiger partial charge in [0.2, 0.25) is 0 Å². The van der Waals surface area contributed by atoms with E-state index in [1.807, 2.05) is 0 Å². The number of amides is 2. The van der Waals surface area contributed by atoms with Gasteiger partial charge in [0.1, 0.15) is 0 Å². The van der Waals surface area contributed by atoms with Crippen molar-refractivity contribution in [3.05, 3.63) is 47.7 Å². The van der Waals surface area contributed by atoms with Gasteiger partial charge >= 0.3 is 12.0 Å². The lowest BCUT2D eigenvalue weighted by Gasteiger charge is -2.27. The Bertz CT molecular complexity index is 525. The molecule has 0 saturated carbocycles. The summed E-state index contributed by atoms with van der Waals surface area (Å²) in [5, 5.41) is 8.63. The standard InChI is InChI=1S/C7H10N2O3.C6H4F2/c1-8-3-5(6(10)11)4-9(2)7(8)12;7-5-3-1-2-4-6(5)8/h3H,4H2,1-2H3,(H,10,11);1-4H. The van der Waals surface area contributed by atoms with E-state index in [2.05, 4.69) is 0 Å². The first-order valence-electron chi connectivity index (χ1n) is 5.65. The molecule has 108 valence electrons. The third-order valence-electron chi connectivity index (χ3n) is 2.48. The van der Waals surface area contributed by atoms with Crippen molar-refractivity contribution in [2.24, 2.45) is 0 Å². The summed E-state index contributed by atoms with van der Waals surface area (Å²) in [6, 6.07) is 4.85. The molecule has 1 aliphatic heterocycles. The van der Waals surface area contributed by atoms with Crippen LogP contribution < -0.4 is 0 Å². The highest BCUT2D eigenvalue weighted by molar-refractivity contribution is 5.90. The van der Waals surface area contributed by atoms with Crippen LogP contribution in [-0.2, 0) is 4.79 Å². The van der Waals surface area contributed by atoms with Crippen LogP contribution in [0, 0.1) is 11.6 Å². The Labute approximate surface area is 114 Å². The predicted molar refractivity (Wildman–Crippen MR) is 67.9 cm³/mol. The molecule has 1 aromatic carbocycles. The molecule has 0 saturated heterocycles. The maximum atomic E-state index is 11.9. The van der Waals surface area contributed by atoms with E-state index < -0.39 is 17.6 Å². The molecule has 1 N–H and O–H groups in total. The van der Waals surface area contributed by atoms with Crippen LogP contribution in [0.1, 0.15) is 0 Å². The second-order valence-electron chi connectivity index (χ2n) is 4.12. The molecule has 2 amide bonds. The molecule has 5 nitrogen and oxygen atoms in total. The van der Waals surface area contributed by atoms with E-state index in [4.69, 9.17) is 5.11 Å². The number of rotatable bonds is 1. The average molecular weight is 284 g/mol. The normalized spacial score (nSPS) is 14.4. The first-order chi connectivity index (χ1) is 9.32. The Morgan fingerprint density at radius 2 is 1.70 bits per heavy atom. The highest BCUT2D eigenvalue weighted by Crippen LogP contribution is 2.09. The Morgan fingerprint density at radius 1 is 1.20 bits per heavy atom. The molecule has 20 heavy (non-hydrogen) atoms. The Hall–Kier alpha value is -2.44. The maximum Gasteiger partial charge on any atom is 0.334 e. The monoisotopic (exact) mass is 284 g/mol. The van der Waals surface area contributed by atoms with Crippen molar-refractivity contribution < 1.29 is 23.5 Å². The van der Waals surface area contributed by atoms with Crippen LogP contribution in [0.5, 0.6) is 0 Å². The fourth-order valence-corrected chi connectivity index (χ4v) is 1.48. The van der Waals surface area contributed by atoms with Gasteiger partial charge < -0.3 is 14.9 Å². The van der Waals surface area contributed by atoms with Crippen LogP contribution in [0.25, 0.3) is 0 Å². The molecule has 0 aromatic heterocycles. The highest BCUT2D eigenvalue weighted by Gasteiger charge is 2.23. The predicted octanol–water partition coefficient (Wildman–Crippen LogP) is 1.92. The number of nitrogens with zero attached hydrogens (tertiary/aromatic N) is 2. The van der Waals surface area contributed by atoms with Gasteiger partial charge in [-0.15, -0.1) is 0 Å². The lowest BCUT2D eigenvalue weighted by molar-refractivity contribution is -0.133. The summed E-state index contributed by atoms with van der Waals surface area (Å²) in [5.74, 6) is -2.58. The zero-order valence-electron chi connectivity index (χ0n) is 11.0. The number of hydrogen-bond donors (Lipinski definition) is 1. The number of carboxylic acid groups (broad SMARTS) is 1. The van der Waals surface area contributed by atoms with Gasteiger partial charge in [0.25, 0.3) is 0 Å². The zero-order chi connectivity index (χ0) is 15.3. The molecule has 0 bridgehead atoms. The van der Waals surface area contributed by atoms with Crippen molar-refractivity contribution in [1.82, 2.24) is 9.80 Å². The Morgan fingerprint density at radius 3 is 2.05 bits per heavy atom. The lowest BCUT2D eigenvalue weighted by Crippen LogP contribution is -2.42. The molecule has 1 heterocycles. The molecule has 2 rings (SSSR count). The average Bonchev–Trinajstić information content (AvgIpc) is 2.39. The summed E-state index contributed by atoms with van der Waals surface area (Å²) in [6.07, 6.45) is 1.34. The molecular weight excluding hydrogens is 270 g/mol. The number of aliphatic carboxylic acids is 1. The fourth-order valence-electron chi connectivity index (χ4n) is 1.48. The molecular formula is C13H14F2N2O3. The molecule has 0 atom stereocenters. The third kappa shape index (κ3) is 4.04. The van der Waals surface area contributed by atoms with E-state index in [-0.39, 0.29) is 18.1 Å². The quantitative estimate of drug-likeness (QED) is 0.857. The topological polar surface area (TPSA) is 60.9 Å². The summed E-state index contributed by atoms with van der Waals surface area (Å²) in [4.78, 5) is 24.2. The number of halogens is 2. The number of benzene rings is 1. The van der Waals surface area contributed by atoms with Crippen molar-refractivity contribution in [2.45, 2.75) is 0 Å². The van der Waals surface area contributed by atoms with E-state index in [0.29, 0.717) is 0 Å². The highest BCUT2D eigenvalue weighted by atomic mass is 19.2. The molecule has 0 fully saturated rings. The lowest BCUT2D eigenvalue weighted by atomic mass is 10.2. The maximum absolute atomic E-state index is 11.9. The summed E-state index contributed by atoms with van der Waals surface area (Å²) in [5.41, 5.74) is 0.222. The molecule has 1 aliphatic rings. The molecule has 0 unspecified atom stereocenters. The first-order valence-corrected chi connectivity index (χ1v) is 5.65. The smallest absolute Gasteiger partial charge is 0.334 e. The number of carbonyl (C=O) groups excluding carboxylic acids is 1. The minimum Gasteiger partial charge on any atom is -0.478 e. The molecule has 1 aromatic rings. The van der Waals surface area contributed by atoms with Crippen LogP contribution in [0.3, 0.4) is 0 Å². The van der Waals surface area contributed by atoms with Gasteiger partial charge in [-0.1, -0.05) is 12.1 Å². The van der Waals surface area contributed by atoms with Crippen LogP contribution in [-0.4, -0.2) is 47.5 Å². The van der Waals surface area contributed by atoms with Gasteiger partial charge in [0, 0.05) is 20.3 Å². The Balaban J connectivity index is 0.000000217. The molecule has 0 radical (unpaired) electrons. The summed E-state index contributed by atoms with van der Waals surface area (Å²) in [6.45, 7) is 0.165. The van der Waals surface area contributed by atoms with E-state index in [1.165, 1.54) is 35.2 Å².